The van der Waals surface area contributed by atoms with Gasteiger partial charge >= 0.3 is 5.97 Å². The Balaban J connectivity index is 1.59. The van der Waals surface area contributed by atoms with Gasteiger partial charge in [0.2, 0.25) is 0 Å². The van der Waals surface area contributed by atoms with Crippen molar-refractivity contribution < 1.29 is 41.3 Å². The van der Waals surface area contributed by atoms with Gasteiger partial charge in [-0.25, -0.2) is 4.79 Å². The molecule has 2 aliphatic rings. The molecule has 2 saturated heterocycles. The lowest BCUT2D eigenvalue weighted by molar-refractivity contribution is -0.384. The molecule has 0 saturated carbocycles. The summed E-state index contributed by atoms with van der Waals surface area (Å²) in [7, 11) is -3.79. The first-order chi connectivity index (χ1) is 13.5. The number of ether oxygens (including phenoxy) is 4. The third-order valence-corrected chi connectivity index (χ3v) is 4.89. The lowest BCUT2D eigenvalue weighted by Crippen LogP contribution is -2.38. The highest BCUT2D eigenvalue weighted by atomic mass is 32.2. The van der Waals surface area contributed by atoms with Crippen molar-refractivity contribution in [2.75, 3.05) is 12.9 Å². The molecule has 0 radical (unpaired) electrons. The number of benzene rings is 1. The molecule has 0 spiro atoms. The van der Waals surface area contributed by atoms with Crippen molar-refractivity contribution in [3.05, 3.63) is 39.9 Å². The second-order valence-electron chi connectivity index (χ2n) is 7.14. The first kappa shape index (κ1) is 21.6. The predicted molar refractivity (Wildman–Crippen MR) is 96.4 cm³/mol. The van der Waals surface area contributed by atoms with Crippen LogP contribution in [0.15, 0.2) is 24.3 Å². The Labute approximate surface area is 167 Å². The van der Waals surface area contributed by atoms with Crippen LogP contribution < -0.4 is 0 Å². The highest BCUT2D eigenvalue weighted by molar-refractivity contribution is 7.86. The molecule has 1 aromatic carbocycles. The van der Waals surface area contributed by atoms with Crippen LogP contribution in [-0.4, -0.2) is 62.6 Å². The lowest BCUT2D eigenvalue weighted by atomic mass is 10.1. The molecule has 11 nitrogen and oxygen atoms in total. The summed E-state index contributed by atoms with van der Waals surface area (Å²) in [6.45, 7) is 3.26. The Morgan fingerprint density at radius 2 is 1.90 bits per heavy atom. The fraction of sp³-hybridized carbons (Fsp3) is 0.588. The zero-order chi connectivity index (χ0) is 21.4. The van der Waals surface area contributed by atoms with E-state index in [0.717, 1.165) is 6.26 Å². The van der Waals surface area contributed by atoms with Gasteiger partial charge in [-0.15, -0.1) is 0 Å². The quantitative estimate of drug-likeness (QED) is 0.269. The van der Waals surface area contributed by atoms with E-state index in [0.29, 0.717) is 0 Å². The number of nitro benzene ring substituents is 1. The summed E-state index contributed by atoms with van der Waals surface area (Å²) in [5.41, 5.74) is 0.00768. The van der Waals surface area contributed by atoms with Crippen LogP contribution >= 0.6 is 0 Å². The van der Waals surface area contributed by atoms with Gasteiger partial charge in [-0.3, -0.25) is 14.3 Å². The molecule has 0 bridgehead atoms. The van der Waals surface area contributed by atoms with Crippen molar-refractivity contribution in [1.29, 1.82) is 0 Å². The molecule has 1 aromatic rings. The van der Waals surface area contributed by atoms with E-state index in [4.69, 9.17) is 23.1 Å². The van der Waals surface area contributed by atoms with Crippen molar-refractivity contribution in [1.82, 2.24) is 0 Å². The number of rotatable bonds is 7. The van der Waals surface area contributed by atoms with E-state index in [1.807, 2.05) is 0 Å². The second-order valence-corrected chi connectivity index (χ2v) is 8.74. The van der Waals surface area contributed by atoms with Gasteiger partial charge in [-0.1, -0.05) is 0 Å². The molecule has 4 atom stereocenters. The van der Waals surface area contributed by atoms with E-state index in [1.54, 1.807) is 13.8 Å². The number of non-ortho nitro benzene ring substituents is 1. The summed E-state index contributed by atoms with van der Waals surface area (Å²) < 4.78 is 50.5. The van der Waals surface area contributed by atoms with Crippen molar-refractivity contribution in [3.63, 3.8) is 0 Å². The van der Waals surface area contributed by atoms with Crippen molar-refractivity contribution in [3.8, 4) is 0 Å². The number of hydrogen-bond donors (Lipinski definition) is 0. The third kappa shape index (κ3) is 5.28. The van der Waals surface area contributed by atoms with Gasteiger partial charge in [0.15, 0.2) is 12.1 Å². The minimum absolute atomic E-state index is 0.0903. The lowest BCUT2D eigenvalue weighted by Gasteiger charge is -2.25. The zero-order valence-corrected chi connectivity index (χ0v) is 16.8. The number of hydrogen-bond acceptors (Lipinski definition) is 10. The standard InChI is InChI=1S/C17H21NO10S/c1-17(2)26-14-13(28-29(3,22)23)12(25-16(14)27-17)8-9-24-15(19)10-4-6-11(7-5-10)18(20)21/h4-7,12-14,16H,8-9H2,1-3H3/t12-,13+,14-,16+/m0/s1. The summed E-state index contributed by atoms with van der Waals surface area (Å²) in [5, 5.41) is 10.7. The molecule has 0 aromatic heterocycles. The number of carbonyl (C=O) groups is 1. The van der Waals surface area contributed by atoms with Gasteiger partial charge < -0.3 is 18.9 Å². The van der Waals surface area contributed by atoms with Crippen LogP contribution in [0.25, 0.3) is 0 Å². The van der Waals surface area contributed by atoms with E-state index in [-0.39, 0.29) is 24.3 Å². The summed E-state index contributed by atoms with van der Waals surface area (Å²) in [5.74, 6) is -1.62. The highest BCUT2D eigenvalue weighted by Crippen LogP contribution is 2.40. The van der Waals surface area contributed by atoms with E-state index in [9.17, 15) is 23.3 Å². The number of fused-ring (bicyclic) bond motifs is 1. The molecule has 2 aliphatic heterocycles. The molecule has 0 N–H and O–H groups in total. The van der Waals surface area contributed by atoms with Crippen LogP contribution in [0.2, 0.25) is 0 Å². The average Bonchev–Trinajstić information content (AvgIpc) is 3.06. The first-order valence-electron chi connectivity index (χ1n) is 8.76. The summed E-state index contributed by atoms with van der Waals surface area (Å²) in [6.07, 6.45) is -2.16. The third-order valence-electron chi connectivity index (χ3n) is 4.32. The van der Waals surface area contributed by atoms with E-state index in [2.05, 4.69) is 0 Å². The summed E-state index contributed by atoms with van der Waals surface area (Å²) in [4.78, 5) is 22.2. The number of esters is 1. The molecule has 0 aliphatic carbocycles. The Morgan fingerprint density at radius 3 is 2.48 bits per heavy atom. The SMILES string of the molecule is CC1(C)O[C@H]2O[C@@H](CCOC(=O)c3ccc([N+](=O)[O-])cc3)[C@@H](OS(C)(=O)=O)[C@@H]2O1. The monoisotopic (exact) mass is 431 g/mol. The van der Waals surface area contributed by atoms with Crippen LogP contribution in [0.1, 0.15) is 30.6 Å². The van der Waals surface area contributed by atoms with Crippen LogP contribution in [0.5, 0.6) is 0 Å². The molecule has 29 heavy (non-hydrogen) atoms. The smallest absolute Gasteiger partial charge is 0.338 e. The van der Waals surface area contributed by atoms with Crippen LogP contribution in [0.3, 0.4) is 0 Å². The molecular formula is C17H21NO10S. The topological polar surface area (TPSA) is 140 Å². The van der Waals surface area contributed by atoms with Crippen LogP contribution in [0.4, 0.5) is 5.69 Å². The predicted octanol–water partition coefficient (Wildman–Crippen LogP) is 1.36. The fourth-order valence-electron chi connectivity index (χ4n) is 3.17. The van der Waals surface area contributed by atoms with E-state index in [1.165, 1.54) is 24.3 Å². The highest BCUT2D eigenvalue weighted by Gasteiger charge is 2.56. The van der Waals surface area contributed by atoms with Gasteiger partial charge in [-0.2, -0.15) is 8.42 Å². The molecule has 160 valence electrons. The van der Waals surface area contributed by atoms with E-state index >= 15 is 0 Å². The van der Waals surface area contributed by atoms with Gasteiger partial charge in [0.05, 0.1) is 29.5 Å². The zero-order valence-electron chi connectivity index (χ0n) is 16.0. The number of carbonyl (C=O) groups excluding carboxylic acids is 1. The minimum Gasteiger partial charge on any atom is -0.462 e. The van der Waals surface area contributed by atoms with Crippen molar-refractivity contribution in [2.24, 2.45) is 0 Å². The molecule has 2 heterocycles. The Morgan fingerprint density at radius 1 is 1.24 bits per heavy atom. The Hall–Kier alpha value is -2.12. The minimum atomic E-state index is -3.79. The largest absolute Gasteiger partial charge is 0.462 e. The first-order valence-corrected chi connectivity index (χ1v) is 10.6. The Kier molecular flexibility index (Phi) is 5.92. The molecule has 0 unspecified atom stereocenters. The average molecular weight is 431 g/mol. The maximum absolute atomic E-state index is 12.1. The second kappa shape index (κ2) is 7.95. The molecule has 2 fully saturated rings. The van der Waals surface area contributed by atoms with E-state index < -0.39 is 51.4 Å². The van der Waals surface area contributed by atoms with Gasteiger partial charge in [0.1, 0.15) is 12.2 Å². The van der Waals surface area contributed by atoms with Crippen molar-refractivity contribution >= 4 is 21.8 Å². The van der Waals surface area contributed by atoms with Gasteiger partial charge in [0, 0.05) is 18.6 Å². The van der Waals surface area contributed by atoms with Gasteiger partial charge in [0.25, 0.3) is 15.8 Å². The number of nitro groups is 1. The van der Waals surface area contributed by atoms with Gasteiger partial charge in [-0.05, 0) is 26.0 Å². The normalized spacial score (nSPS) is 28.1. The maximum atomic E-state index is 12.1. The summed E-state index contributed by atoms with van der Waals surface area (Å²) >= 11 is 0. The molecule has 3 rings (SSSR count). The summed E-state index contributed by atoms with van der Waals surface area (Å²) in [6, 6.07) is 4.97. The Bertz CT molecular complexity index is 882. The molecule has 0 amide bonds. The molecule has 12 heteroatoms. The number of nitrogens with zero attached hydrogens (tertiary/aromatic N) is 1. The van der Waals surface area contributed by atoms with Crippen LogP contribution in [0, 0.1) is 10.1 Å². The maximum Gasteiger partial charge on any atom is 0.338 e. The van der Waals surface area contributed by atoms with Crippen molar-refractivity contribution in [2.45, 2.75) is 50.7 Å². The fourth-order valence-corrected chi connectivity index (χ4v) is 3.80. The molecular weight excluding hydrogens is 410 g/mol. The van der Waals surface area contributed by atoms with Crippen LogP contribution in [-0.2, 0) is 33.2 Å².